The van der Waals surface area contributed by atoms with Gasteiger partial charge in [-0.2, -0.15) is 0 Å². The molecule has 0 aliphatic carbocycles. The van der Waals surface area contributed by atoms with Gasteiger partial charge in [-0.3, -0.25) is 4.79 Å². The molecular weight excluding hydrogens is 723 g/mol. The zero-order valence-corrected chi connectivity index (χ0v) is 39.0. The summed E-state index contributed by atoms with van der Waals surface area (Å²) in [6.45, 7) is 4.21. The maximum absolute atomic E-state index is 12.4. The second-order valence-corrected chi connectivity index (χ2v) is 16.9. The average molecular weight is 820 g/mol. The van der Waals surface area contributed by atoms with Crippen LogP contribution in [0.4, 0.5) is 0 Å². The molecule has 2 atom stereocenters. The fourth-order valence-corrected chi connectivity index (χ4v) is 7.34. The summed E-state index contributed by atoms with van der Waals surface area (Å²) >= 11 is 0. The number of hydrogen-bond acceptors (Lipinski definition) is 3. The summed E-state index contributed by atoms with van der Waals surface area (Å²) in [4.78, 5) is 12.4. The molecule has 0 heterocycles. The zero-order chi connectivity index (χ0) is 42.8. The first-order valence-electron chi connectivity index (χ1n) is 25.3. The molecule has 0 aliphatic rings. The second kappa shape index (κ2) is 49.9. The van der Waals surface area contributed by atoms with E-state index in [1.54, 1.807) is 0 Å². The van der Waals surface area contributed by atoms with Crippen LogP contribution < -0.4 is 5.32 Å². The van der Waals surface area contributed by atoms with Crippen LogP contribution in [0.15, 0.2) is 85.1 Å². The summed E-state index contributed by atoms with van der Waals surface area (Å²) in [5.41, 5.74) is 0. The van der Waals surface area contributed by atoms with Crippen LogP contribution in [0.3, 0.4) is 0 Å². The number of nitrogens with one attached hydrogen (secondary N) is 1. The Labute approximate surface area is 367 Å². The van der Waals surface area contributed by atoms with Crippen molar-refractivity contribution in [1.29, 1.82) is 0 Å². The molecule has 0 aromatic heterocycles. The summed E-state index contributed by atoms with van der Waals surface area (Å²) in [5.74, 6) is -0.0358. The predicted octanol–water partition coefficient (Wildman–Crippen LogP) is 16.4. The SMILES string of the molecule is CC/C=C\C/C=C\C/C=C\C/C=C\C/C=C\C/C=C\C/C=C\CCCCCCCCCCCCCCCCCCCC(=O)NC(CO)C(O)CCCCCCCCCC. The largest absolute Gasteiger partial charge is 0.394 e. The number of carbonyl (C=O) groups excluding carboxylic acids is 1. The maximum Gasteiger partial charge on any atom is 0.220 e. The van der Waals surface area contributed by atoms with E-state index in [1.807, 2.05) is 0 Å². The van der Waals surface area contributed by atoms with Crippen molar-refractivity contribution < 1.29 is 15.0 Å². The summed E-state index contributed by atoms with van der Waals surface area (Å²) in [5, 5.41) is 23.0. The van der Waals surface area contributed by atoms with E-state index < -0.39 is 12.1 Å². The molecular formula is C55H97NO3. The highest BCUT2D eigenvalue weighted by Gasteiger charge is 2.20. The van der Waals surface area contributed by atoms with Crippen molar-refractivity contribution in [2.45, 2.75) is 251 Å². The molecule has 0 spiro atoms. The highest BCUT2D eigenvalue weighted by atomic mass is 16.3. The Kier molecular flexibility index (Phi) is 47.9. The van der Waals surface area contributed by atoms with E-state index in [4.69, 9.17) is 0 Å². The molecule has 3 N–H and O–H groups in total. The number of aliphatic hydroxyl groups is 2. The van der Waals surface area contributed by atoms with Gasteiger partial charge in [0.05, 0.1) is 18.8 Å². The highest BCUT2D eigenvalue weighted by molar-refractivity contribution is 5.76. The third-order valence-electron chi connectivity index (χ3n) is 11.2. The van der Waals surface area contributed by atoms with E-state index in [0.29, 0.717) is 12.8 Å². The van der Waals surface area contributed by atoms with E-state index in [2.05, 4.69) is 104 Å². The lowest BCUT2D eigenvalue weighted by Gasteiger charge is -2.22. The highest BCUT2D eigenvalue weighted by Crippen LogP contribution is 2.16. The summed E-state index contributed by atoms with van der Waals surface area (Å²) in [7, 11) is 0. The van der Waals surface area contributed by atoms with Gasteiger partial charge in [0.2, 0.25) is 5.91 Å². The van der Waals surface area contributed by atoms with Gasteiger partial charge in [-0.1, -0.05) is 247 Å². The van der Waals surface area contributed by atoms with Crippen LogP contribution in [0.5, 0.6) is 0 Å². The first-order chi connectivity index (χ1) is 29.2. The molecule has 0 saturated heterocycles. The van der Waals surface area contributed by atoms with Gasteiger partial charge in [0.15, 0.2) is 0 Å². The minimum atomic E-state index is -0.658. The van der Waals surface area contributed by atoms with Gasteiger partial charge in [-0.05, 0) is 70.6 Å². The van der Waals surface area contributed by atoms with Gasteiger partial charge in [-0.25, -0.2) is 0 Å². The van der Waals surface area contributed by atoms with E-state index in [1.165, 1.54) is 141 Å². The first-order valence-corrected chi connectivity index (χ1v) is 25.3. The minimum absolute atomic E-state index is 0.0358. The molecule has 1 amide bonds. The van der Waals surface area contributed by atoms with Crippen LogP contribution in [-0.4, -0.2) is 34.9 Å². The lowest BCUT2D eigenvalue weighted by atomic mass is 10.0. The molecule has 340 valence electrons. The number of allylic oxidation sites excluding steroid dienone is 14. The summed E-state index contributed by atoms with van der Waals surface area (Å²) < 4.78 is 0. The number of unbranched alkanes of at least 4 members (excludes halogenated alkanes) is 24. The van der Waals surface area contributed by atoms with Crippen LogP contribution in [0.1, 0.15) is 239 Å². The monoisotopic (exact) mass is 820 g/mol. The van der Waals surface area contributed by atoms with Crippen molar-refractivity contribution in [3.63, 3.8) is 0 Å². The quantitative estimate of drug-likeness (QED) is 0.0423. The average Bonchev–Trinajstić information content (AvgIpc) is 3.24. The Morgan fingerprint density at radius 1 is 0.424 bits per heavy atom. The number of rotatable bonds is 45. The smallest absolute Gasteiger partial charge is 0.220 e. The molecule has 59 heavy (non-hydrogen) atoms. The molecule has 4 nitrogen and oxygen atoms in total. The first kappa shape index (κ1) is 56.6. The van der Waals surface area contributed by atoms with Crippen molar-refractivity contribution in [3.8, 4) is 0 Å². The Balaban J connectivity index is 3.45. The predicted molar refractivity (Wildman–Crippen MR) is 262 cm³/mol. The minimum Gasteiger partial charge on any atom is -0.394 e. The molecule has 0 aromatic carbocycles. The van der Waals surface area contributed by atoms with Crippen LogP contribution in [0.2, 0.25) is 0 Å². The van der Waals surface area contributed by atoms with Crippen molar-refractivity contribution in [2.24, 2.45) is 0 Å². The van der Waals surface area contributed by atoms with Crippen molar-refractivity contribution in [1.82, 2.24) is 5.32 Å². The van der Waals surface area contributed by atoms with Crippen LogP contribution in [-0.2, 0) is 4.79 Å². The fraction of sp³-hybridized carbons (Fsp3) is 0.727. The number of amides is 1. The van der Waals surface area contributed by atoms with Crippen LogP contribution in [0.25, 0.3) is 0 Å². The molecule has 0 fully saturated rings. The van der Waals surface area contributed by atoms with Gasteiger partial charge in [0.25, 0.3) is 0 Å². The van der Waals surface area contributed by atoms with E-state index in [0.717, 1.165) is 70.6 Å². The maximum atomic E-state index is 12.4. The topological polar surface area (TPSA) is 69.6 Å². The summed E-state index contributed by atoms with van der Waals surface area (Å²) in [6.07, 6.45) is 72.8. The molecule has 0 saturated carbocycles. The van der Waals surface area contributed by atoms with Gasteiger partial charge in [0.1, 0.15) is 0 Å². The van der Waals surface area contributed by atoms with E-state index in [9.17, 15) is 15.0 Å². The molecule has 0 radical (unpaired) electrons. The Hall–Kier alpha value is -2.43. The number of carbonyl (C=O) groups is 1. The van der Waals surface area contributed by atoms with E-state index >= 15 is 0 Å². The molecule has 0 rings (SSSR count). The van der Waals surface area contributed by atoms with Gasteiger partial charge >= 0.3 is 0 Å². The van der Waals surface area contributed by atoms with Crippen molar-refractivity contribution >= 4 is 5.91 Å². The van der Waals surface area contributed by atoms with Crippen molar-refractivity contribution in [3.05, 3.63) is 85.1 Å². The zero-order valence-electron chi connectivity index (χ0n) is 39.0. The molecule has 2 unspecified atom stereocenters. The Bertz CT molecular complexity index is 1070. The third kappa shape index (κ3) is 46.5. The standard InChI is InChI=1S/C55H97NO3/c1-3-5-7-9-11-13-14-15-16-17-18-19-20-21-22-23-24-25-26-27-28-29-30-31-32-33-34-35-36-37-38-39-40-41-42-43-45-47-49-51-55(59)56-53(52-57)54(58)50-48-46-44-12-10-8-6-4-2/h5,7,11,13,15-16,18-19,21-22,24-25,27-28,53-54,57-58H,3-4,6,8-10,12,14,17,20,23,26,29-52H2,1-2H3,(H,56,59)/b7-5-,13-11-,16-15-,19-18-,22-21-,25-24-,28-27-. The fourth-order valence-electron chi connectivity index (χ4n) is 7.34. The van der Waals surface area contributed by atoms with E-state index in [-0.39, 0.29) is 12.5 Å². The van der Waals surface area contributed by atoms with Gasteiger partial charge in [0, 0.05) is 6.42 Å². The number of hydrogen-bond donors (Lipinski definition) is 3. The Morgan fingerprint density at radius 2 is 0.746 bits per heavy atom. The van der Waals surface area contributed by atoms with Crippen LogP contribution in [0, 0.1) is 0 Å². The van der Waals surface area contributed by atoms with Gasteiger partial charge in [-0.15, -0.1) is 0 Å². The molecule has 0 aliphatic heterocycles. The molecule has 0 bridgehead atoms. The normalized spacial score (nSPS) is 13.6. The summed E-state index contributed by atoms with van der Waals surface area (Å²) in [6, 6.07) is -0.535. The number of aliphatic hydroxyl groups excluding tert-OH is 2. The lowest BCUT2D eigenvalue weighted by Crippen LogP contribution is -2.45. The Morgan fingerprint density at radius 3 is 1.12 bits per heavy atom. The lowest BCUT2D eigenvalue weighted by molar-refractivity contribution is -0.123. The van der Waals surface area contributed by atoms with Crippen molar-refractivity contribution in [2.75, 3.05) is 6.61 Å². The van der Waals surface area contributed by atoms with Crippen LogP contribution >= 0.6 is 0 Å². The molecule has 4 heteroatoms. The van der Waals surface area contributed by atoms with Gasteiger partial charge < -0.3 is 15.5 Å². The second-order valence-electron chi connectivity index (χ2n) is 16.9. The third-order valence-corrected chi connectivity index (χ3v) is 11.2. The molecule has 0 aromatic rings.